The number of fused-ring (bicyclic) bond motifs is 1. The molecule has 0 unspecified atom stereocenters. The first-order valence-electron chi connectivity index (χ1n) is 6.28. The fourth-order valence-electron chi connectivity index (χ4n) is 1.61. The lowest BCUT2D eigenvalue weighted by molar-refractivity contribution is 0.0523. The van der Waals surface area contributed by atoms with Crippen molar-refractivity contribution in [1.82, 2.24) is 19.9 Å². The zero-order valence-electron chi connectivity index (χ0n) is 11.8. The van der Waals surface area contributed by atoms with Crippen LogP contribution >= 0.6 is 0 Å². The molecular formula is C13H18N4O3. The van der Waals surface area contributed by atoms with Gasteiger partial charge in [0.1, 0.15) is 5.60 Å². The number of nitrogens with one attached hydrogen (secondary N) is 1. The van der Waals surface area contributed by atoms with Crippen molar-refractivity contribution in [3.05, 3.63) is 29.7 Å². The lowest BCUT2D eigenvalue weighted by atomic mass is 10.2. The van der Waals surface area contributed by atoms with Gasteiger partial charge < -0.3 is 15.2 Å². The summed E-state index contributed by atoms with van der Waals surface area (Å²) in [6.07, 6.45) is 2.80. The number of imidazole rings is 1. The van der Waals surface area contributed by atoms with Crippen LogP contribution in [0, 0.1) is 0 Å². The third kappa shape index (κ3) is 3.67. The average Bonchev–Trinajstić information content (AvgIpc) is 2.75. The van der Waals surface area contributed by atoms with Crippen molar-refractivity contribution < 1.29 is 14.6 Å². The van der Waals surface area contributed by atoms with E-state index in [4.69, 9.17) is 9.84 Å². The van der Waals surface area contributed by atoms with E-state index < -0.39 is 11.7 Å². The van der Waals surface area contributed by atoms with Gasteiger partial charge in [-0.25, -0.2) is 14.3 Å². The zero-order chi connectivity index (χ0) is 14.8. The number of aliphatic hydroxyl groups excluding tert-OH is 1. The fourth-order valence-corrected chi connectivity index (χ4v) is 1.61. The molecule has 2 aromatic heterocycles. The molecule has 0 aliphatic carbocycles. The Hall–Kier alpha value is -2.15. The maximum absolute atomic E-state index is 11.5. The van der Waals surface area contributed by atoms with Gasteiger partial charge >= 0.3 is 6.09 Å². The molecule has 0 aliphatic rings. The highest BCUT2D eigenvalue weighted by atomic mass is 16.6. The molecule has 1 amide bonds. The molecular weight excluding hydrogens is 260 g/mol. The second-order valence-electron chi connectivity index (χ2n) is 5.41. The van der Waals surface area contributed by atoms with Gasteiger partial charge in [0.15, 0.2) is 5.65 Å². The monoisotopic (exact) mass is 278 g/mol. The molecule has 0 saturated carbocycles. The Balaban J connectivity index is 2.01. The number of alkyl carbamates (subject to hydrolysis) is 1. The number of hydrogen-bond acceptors (Lipinski definition) is 5. The van der Waals surface area contributed by atoms with Gasteiger partial charge in [-0.1, -0.05) is 0 Å². The molecule has 2 N–H and O–H groups in total. The van der Waals surface area contributed by atoms with E-state index in [2.05, 4.69) is 15.4 Å². The van der Waals surface area contributed by atoms with E-state index in [9.17, 15) is 4.79 Å². The number of amides is 1. The first kappa shape index (κ1) is 14.3. The molecule has 0 radical (unpaired) electrons. The summed E-state index contributed by atoms with van der Waals surface area (Å²) in [5.41, 5.74) is 1.45. The lowest BCUT2D eigenvalue weighted by Crippen LogP contribution is -2.32. The van der Waals surface area contributed by atoms with Crippen LogP contribution in [0.15, 0.2) is 18.5 Å². The van der Waals surface area contributed by atoms with E-state index in [1.165, 1.54) is 0 Å². The molecule has 0 aliphatic heterocycles. The number of hydrogen-bond donors (Lipinski definition) is 2. The van der Waals surface area contributed by atoms with E-state index in [1.807, 2.05) is 0 Å². The van der Waals surface area contributed by atoms with Crippen LogP contribution < -0.4 is 5.32 Å². The first-order valence-corrected chi connectivity index (χ1v) is 6.28. The Labute approximate surface area is 116 Å². The summed E-state index contributed by atoms with van der Waals surface area (Å²) in [5, 5.41) is 15.8. The zero-order valence-corrected chi connectivity index (χ0v) is 11.8. The molecule has 2 aromatic rings. The van der Waals surface area contributed by atoms with E-state index in [0.717, 1.165) is 0 Å². The minimum Gasteiger partial charge on any atom is -0.444 e. The van der Waals surface area contributed by atoms with Crippen molar-refractivity contribution in [1.29, 1.82) is 0 Å². The number of carbonyl (C=O) groups is 1. The van der Waals surface area contributed by atoms with Crippen molar-refractivity contribution in [3.63, 3.8) is 0 Å². The van der Waals surface area contributed by atoms with Crippen LogP contribution in [-0.4, -0.2) is 31.4 Å². The molecule has 2 rings (SSSR count). The van der Waals surface area contributed by atoms with Crippen molar-refractivity contribution in [2.75, 3.05) is 0 Å². The number of nitrogens with zero attached hydrogens (tertiary/aromatic N) is 3. The standard InChI is InChI=1S/C13H18N4O3/c1-13(2,3)20-12(19)14-6-10-7-17-11(16-10)4-9(8-18)5-15-17/h4-5,7,18H,6,8H2,1-3H3,(H,14,19). The highest BCUT2D eigenvalue weighted by Gasteiger charge is 2.16. The summed E-state index contributed by atoms with van der Waals surface area (Å²) in [4.78, 5) is 15.8. The fraction of sp³-hybridized carbons (Fsp3) is 0.462. The summed E-state index contributed by atoms with van der Waals surface area (Å²) in [7, 11) is 0. The van der Waals surface area contributed by atoms with Crippen LogP contribution in [0.25, 0.3) is 5.65 Å². The van der Waals surface area contributed by atoms with Gasteiger partial charge in [-0.2, -0.15) is 5.10 Å². The molecule has 2 heterocycles. The van der Waals surface area contributed by atoms with Crippen LogP contribution in [0.4, 0.5) is 4.79 Å². The van der Waals surface area contributed by atoms with E-state index in [0.29, 0.717) is 16.9 Å². The first-order chi connectivity index (χ1) is 9.37. The second-order valence-corrected chi connectivity index (χ2v) is 5.41. The average molecular weight is 278 g/mol. The number of rotatable bonds is 3. The SMILES string of the molecule is CC(C)(C)OC(=O)NCc1cn2ncc(CO)cc2n1. The van der Waals surface area contributed by atoms with Gasteiger partial charge in [-0.05, 0) is 26.8 Å². The Morgan fingerprint density at radius 3 is 2.90 bits per heavy atom. The van der Waals surface area contributed by atoms with Crippen molar-refractivity contribution in [3.8, 4) is 0 Å². The van der Waals surface area contributed by atoms with Gasteiger partial charge in [0.2, 0.25) is 0 Å². The third-order valence-corrected chi connectivity index (χ3v) is 2.42. The van der Waals surface area contributed by atoms with Crippen LogP contribution in [0.5, 0.6) is 0 Å². The largest absolute Gasteiger partial charge is 0.444 e. The predicted molar refractivity (Wildman–Crippen MR) is 72.0 cm³/mol. The second kappa shape index (κ2) is 5.46. The molecule has 0 aromatic carbocycles. The van der Waals surface area contributed by atoms with Crippen LogP contribution in [0.3, 0.4) is 0 Å². The van der Waals surface area contributed by atoms with E-state index in [1.54, 1.807) is 43.7 Å². The third-order valence-electron chi connectivity index (χ3n) is 2.42. The van der Waals surface area contributed by atoms with Gasteiger partial charge in [0.05, 0.1) is 31.2 Å². The summed E-state index contributed by atoms with van der Waals surface area (Å²) >= 11 is 0. The van der Waals surface area contributed by atoms with Gasteiger partial charge in [-0.3, -0.25) is 0 Å². The van der Waals surface area contributed by atoms with Crippen LogP contribution in [-0.2, 0) is 17.9 Å². The quantitative estimate of drug-likeness (QED) is 0.882. The molecule has 0 bridgehead atoms. The predicted octanol–water partition coefficient (Wildman–Crippen LogP) is 1.25. The maximum atomic E-state index is 11.5. The summed E-state index contributed by atoms with van der Waals surface area (Å²) < 4.78 is 6.73. The number of aliphatic hydroxyl groups is 1. The highest BCUT2D eigenvalue weighted by Crippen LogP contribution is 2.08. The Morgan fingerprint density at radius 1 is 1.50 bits per heavy atom. The van der Waals surface area contributed by atoms with Crippen molar-refractivity contribution >= 4 is 11.7 Å². The summed E-state index contributed by atoms with van der Waals surface area (Å²) in [6, 6.07) is 1.74. The van der Waals surface area contributed by atoms with Crippen molar-refractivity contribution in [2.45, 2.75) is 39.5 Å². The van der Waals surface area contributed by atoms with E-state index >= 15 is 0 Å². The van der Waals surface area contributed by atoms with Gasteiger partial charge in [0.25, 0.3) is 0 Å². The molecule has 7 nitrogen and oxygen atoms in total. The highest BCUT2D eigenvalue weighted by molar-refractivity contribution is 5.67. The molecule has 0 saturated heterocycles. The molecule has 0 fully saturated rings. The number of carbonyl (C=O) groups excluding carboxylic acids is 1. The number of ether oxygens (including phenoxy) is 1. The normalized spacial score (nSPS) is 11.6. The Kier molecular flexibility index (Phi) is 3.89. The molecule has 108 valence electrons. The van der Waals surface area contributed by atoms with Gasteiger partial charge in [-0.15, -0.1) is 0 Å². The minimum absolute atomic E-state index is 0.0815. The minimum atomic E-state index is -0.527. The topological polar surface area (TPSA) is 88.8 Å². The molecule has 0 atom stereocenters. The smallest absolute Gasteiger partial charge is 0.407 e. The molecule has 7 heteroatoms. The summed E-state index contributed by atoms with van der Waals surface area (Å²) in [6.45, 7) is 5.59. The number of aromatic nitrogens is 3. The Morgan fingerprint density at radius 2 is 2.25 bits per heavy atom. The van der Waals surface area contributed by atoms with Crippen molar-refractivity contribution in [2.24, 2.45) is 0 Å². The Bertz CT molecular complexity index is 616. The summed E-state index contributed by atoms with van der Waals surface area (Å²) in [5.74, 6) is 0. The lowest BCUT2D eigenvalue weighted by Gasteiger charge is -2.19. The van der Waals surface area contributed by atoms with Crippen LogP contribution in [0.1, 0.15) is 32.0 Å². The van der Waals surface area contributed by atoms with Gasteiger partial charge in [0, 0.05) is 5.56 Å². The van der Waals surface area contributed by atoms with Crippen LogP contribution in [0.2, 0.25) is 0 Å². The molecule has 20 heavy (non-hydrogen) atoms. The maximum Gasteiger partial charge on any atom is 0.407 e. The molecule has 0 spiro atoms. The van der Waals surface area contributed by atoms with E-state index in [-0.39, 0.29) is 13.2 Å².